The molecule has 6 heteroatoms. The van der Waals surface area contributed by atoms with Gasteiger partial charge in [-0.05, 0) is 48.7 Å². The fourth-order valence-corrected chi connectivity index (χ4v) is 2.86. The summed E-state index contributed by atoms with van der Waals surface area (Å²) >= 11 is 0. The highest BCUT2D eigenvalue weighted by Crippen LogP contribution is 2.32. The first kappa shape index (κ1) is 17.8. The molecule has 0 radical (unpaired) electrons. The summed E-state index contributed by atoms with van der Waals surface area (Å²) in [5, 5.41) is 8.92. The van der Waals surface area contributed by atoms with Gasteiger partial charge in [-0.2, -0.15) is 0 Å². The Morgan fingerprint density at radius 2 is 1.73 bits per heavy atom. The van der Waals surface area contributed by atoms with Crippen LogP contribution in [0.5, 0.6) is 11.5 Å². The topological polar surface area (TPSA) is 76.1 Å². The molecule has 2 aromatic rings. The second-order valence-electron chi connectivity index (χ2n) is 6.10. The number of carbonyl (C=O) groups is 2. The van der Waals surface area contributed by atoms with Crippen LogP contribution < -0.4 is 9.47 Å². The van der Waals surface area contributed by atoms with Crippen LogP contribution in [0.3, 0.4) is 0 Å². The Balaban J connectivity index is 1.57. The smallest absolute Gasteiger partial charge is 0.335 e. The van der Waals surface area contributed by atoms with Crippen molar-refractivity contribution < 1.29 is 24.2 Å². The number of amides is 1. The lowest BCUT2D eigenvalue weighted by molar-refractivity contribution is -0.131. The minimum absolute atomic E-state index is 0.0625. The van der Waals surface area contributed by atoms with E-state index in [9.17, 15) is 9.59 Å². The van der Waals surface area contributed by atoms with Gasteiger partial charge in [0.25, 0.3) is 0 Å². The van der Waals surface area contributed by atoms with E-state index >= 15 is 0 Å². The van der Waals surface area contributed by atoms with Crippen LogP contribution in [0.1, 0.15) is 34.8 Å². The second kappa shape index (κ2) is 7.91. The van der Waals surface area contributed by atoms with Crippen LogP contribution >= 0.6 is 0 Å². The van der Waals surface area contributed by atoms with Crippen LogP contribution in [-0.2, 0) is 17.8 Å². The van der Waals surface area contributed by atoms with Crippen molar-refractivity contribution in [2.45, 2.75) is 26.3 Å². The third-order valence-electron chi connectivity index (χ3n) is 4.37. The second-order valence-corrected chi connectivity index (χ2v) is 6.10. The summed E-state index contributed by atoms with van der Waals surface area (Å²) in [5.41, 5.74) is 2.19. The predicted molar refractivity (Wildman–Crippen MR) is 95.4 cm³/mol. The van der Waals surface area contributed by atoms with Gasteiger partial charge in [-0.25, -0.2) is 4.79 Å². The van der Waals surface area contributed by atoms with Gasteiger partial charge in [0.1, 0.15) is 0 Å². The molecule has 1 aliphatic heterocycles. The summed E-state index contributed by atoms with van der Waals surface area (Å²) in [6.07, 6.45) is 0.960. The Kier molecular flexibility index (Phi) is 5.41. The molecule has 0 unspecified atom stereocenters. The van der Waals surface area contributed by atoms with Gasteiger partial charge < -0.3 is 19.5 Å². The first-order valence-electron chi connectivity index (χ1n) is 8.55. The quantitative estimate of drug-likeness (QED) is 0.826. The minimum atomic E-state index is -0.950. The van der Waals surface area contributed by atoms with Gasteiger partial charge >= 0.3 is 5.97 Å². The number of carboxylic acid groups (broad SMARTS) is 1. The molecule has 0 saturated heterocycles. The first-order valence-corrected chi connectivity index (χ1v) is 8.55. The van der Waals surface area contributed by atoms with E-state index in [0.29, 0.717) is 31.7 Å². The zero-order valence-electron chi connectivity index (χ0n) is 14.6. The summed E-state index contributed by atoms with van der Waals surface area (Å²) in [7, 11) is 0. The van der Waals surface area contributed by atoms with Crippen LogP contribution in [-0.4, -0.2) is 35.2 Å². The monoisotopic (exact) mass is 355 g/mol. The van der Waals surface area contributed by atoms with Crippen molar-refractivity contribution in [1.29, 1.82) is 0 Å². The average molecular weight is 355 g/mol. The van der Waals surface area contributed by atoms with Crippen molar-refractivity contribution in [3.63, 3.8) is 0 Å². The molecule has 0 aliphatic carbocycles. The number of carbonyl (C=O) groups excluding carboxylic acids is 1. The van der Waals surface area contributed by atoms with Crippen LogP contribution in [0.15, 0.2) is 42.5 Å². The molecule has 0 fully saturated rings. The average Bonchev–Trinajstić information content (AvgIpc) is 3.12. The number of benzene rings is 2. The van der Waals surface area contributed by atoms with Crippen LogP contribution in [0.2, 0.25) is 0 Å². The number of carboxylic acids is 1. The van der Waals surface area contributed by atoms with Gasteiger partial charge in [-0.3, -0.25) is 4.79 Å². The molecule has 136 valence electrons. The Morgan fingerprint density at radius 1 is 1.04 bits per heavy atom. The van der Waals surface area contributed by atoms with E-state index in [4.69, 9.17) is 14.6 Å². The van der Waals surface area contributed by atoms with Crippen molar-refractivity contribution in [1.82, 2.24) is 4.90 Å². The largest absolute Gasteiger partial charge is 0.478 e. The summed E-state index contributed by atoms with van der Waals surface area (Å²) in [6, 6.07) is 12.3. The van der Waals surface area contributed by atoms with E-state index in [0.717, 1.165) is 16.9 Å². The zero-order valence-corrected chi connectivity index (χ0v) is 14.6. The van der Waals surface area contributed by atoms with Crippen molar-refractivity contribution >= 4 is 11.9 Å². The highest BCUT2D eigenvalue weighted by Gasteiger charge is 2.16. The molecule has 1 aliphatic rings. The zero-order chi connectivity index (χ0) is 18.5. The molecular weight excluding hydrogens is 334 g/mol. The molecule has 1 heterocycles. The molecule has 0 atom stereocenters. The molecule has 26 heavy (non-hydrogen) atoms. The van der Waals surface area contributed by atoms with Gasteiger partial charge in [0.05, 0.1) is 5.56 Å². The maximum Gasteiger partial charge on any atom is 0.335 e. The maximum absolute atomic E-state index is 12.5. The summed E-state index contributed by atoms with van der Waals surface area (Å²) in [5.74, 6) is 0.554. The summed E-state index contributed by atoms with van der Waals surface area (Å²) in [4.78, 5) is 25.2. The predicted octanol–water partition coefficient (Wildman–Crippen LogP) is 3.09. The van der Waals surface area contributed by atoms with Crippen molar-refractivity contribution in [2.75, 3.05) is 13.3 Å². The van der Waals surface area contributed by atoms with Gasteiger partial charge in [-0.1, -0.05) is 18.2 Å². The van der Waals surface area contributed by atoms with Crippen molar-refractivity contribution in [3.8, 4) is 11.5 Å². The van der Waals surface area contributed by atoms with Gasteiger partial charge in [0.2, 0.25) is 12.7 Å². The molecule has 0 spiro atoms. The SMILES string of the molecule is CCN(Cc1ccc2c(c1)OCO2)C(=O)CCc1ccc(C(=O)O)cc1. The minimum Gasteiger partial charge on any atom is -0.478 e. The van der Waals surface area contributed by atoms with Crippen LogP contribution in [0.4, 0.5) is 0 Å². The normalized spacial score (nSPS) is 12.0. The number of aromatic carboxylic acids is 1. The summed E-state index contributed by atoms with van der Waals surface area (Å²) < 4.78 is 10.7. The van der Waals surface area contributed by atoms with Crippen LogP contribution in [0, 0.1) is 0 Å². The lowest BCUT2D eigenvalue weighted by Crippen LogP contribution is -2.30. The van der Waals surface area contributed by atoms with Crippen molar-refractivity contribution in [2.24, 2.45) is 0 Å². The van der Waals surface area contributed by atoms with Crippen molar-refractivity contribution in [3.05, 3.63) is 59.2 Å². The molecule has 1 amide bonds. The lowest BCUT2D eigenvalue weighted by Gasteiger charge is -2.21. The maximum atomic E-state index is 12.5. The fraction of sp³-hybridized carbons (Fsp3) is 0.300. The van der Waals surface area contributed by atoms with E-state index in [1.165, 1.54) is 0 Å². The number of ether oxygens (including phenoxy) is 2. The Morgan fingerprint density at radius 3 is 2.42 bits per heavy atom. The highest BCUT2D eigenvalue weighted by atomic mass is 16.7. The number of aryl methyl sites for hydroxylation is 1. The molecule has 0 saturated carbocycles. The van der Waals surface area contributed by atoms with E-state index in [2.05, 4.69) is 0 Å². The third kappa shape index (κ3) is 4.14. The first-order chi connectivity index (χ1) is 12.6. The number of hydrogen-bond acceptors (Lipinski definition) is 4. The Labute approximate surface area is 152 Å². The van der Waals surface area contributed by atoms with E-state index in [1.807, 2.05) is 25.1 Å². The molecular formula is C20H21NO5. The standard InChI is InChI=1S/C20H21NO5/c1-2-21(12-15-5-9-17-18(11-15)26-13-25-17)19(22)10-6-14-3-7-16(8-4-14)20(23)24/h3-5,7-9,11H,2,6,10,12-13H2,1H3,(H,23,24). The fourth-order valence-electron chi connectivity index (χ4n) is 2.86. The number of rotatable bonds is 7. The molecule has 0 bridgehead atoms. The van der Waals surface area contributed by atoms with Gasteiger partial charge in [0, 0.05) is 19.5 Å². The van der Waals surface area contributed by atoms with Gasteiger partial charge in [-0.15, -0.1) is 0 Å². The number of hydrogen-bond donors (Lipinski definition) is 1. The highest BCUT2D eigenvalue weighted by molar-refractivity contribution is 5.87. The molecule has 0 aromatic heterocycles. The van der Waals surface area contributed by atoms with Gasteiger partial charge in [0.15, 0.2) is 11.5 Å². The Bertz CT molecular complexity index is 800. The van der Waals surface area contributed by atoms with E-state index in [-0.39, 0.29) is 18.3 Å². The summed E-state index contributed by atoms with van der Waals surface area (Å²) in [6.45, 7) is 3.32. The van der Waals surface area contributed by atoms with E-state index < -0.39 is 5.97 Å². The molecule has 3 rings (SSSR count). The van der Waals surface area contributed by atoms with E-state index in [1.54, 1.807) is 29.2 Å². The van der Waals surface area contributed by atoms with Crippen LogP contribution in [0.25, 0.3) is 0 Å². The third-order valence-corrected chi connectivity index (χ3v) is 4.37. The number of fused-ring (bicyclic) bond motifs is 1. The molecule has 2 aromatic carbocycles. The number of nitrogens with zero attached hydrogens (tertiary/aromatic N) is 1. The lowest BCUT2D eigenvalue weighted by atomic mass is 10.1. The molecule has 1 N–H and O–H groups in total. The molecule has 6 nitrogen and oxygen atoms in total. The Hall–Kier alpha value is -3.02.